The molecule has 4 aromatic rings. The van der Waals surface area contributed by atoms with E-state index in [4.69, 9.17) is 9.47 Å². The van der Waals surface area contributed by atoms with Crippen molar-refractivity contribution in [3.63, 3.8) is 0 Å². The summed E-state index contributed by atoms with van der Waals surface area (Å²) in [5.74, 6) is 0.0930. The van der Waals surface area contributed by atoms with E-state index in [1.165, 1.54) is 0 Å². The summed E-state index contributed by atoms with van der Waals surface area (Å²) in [6, 6.07) is 27.4. The van der Waals surface area contributed by atoms with Crippen LogP contribution in [0.4, 0.5) is 0 Å². The van der Waals surface area contributed by atoms with E-state index in [-0.39, 0.29) is 0 Å². The van der Waals surface area contributed by atoms with E-state index < -0.39 is 11.9 Å². The lowest BCUT2D eigenvalue weighted by Crippen LogP contribution is -2.07. The number of carbonyl (C=O) groups excluding carboxylic acids is 2. The molecule has 4 rings (SSSR count). The van der Waals surface area contributed by atoms with E-state index in [0.29, 0.717) is 22.6 Å². The second kappa shape index (κ2) is 9.59. The Morgan fingerprint density at radius 1 is 0.529 bits per heavy atom. The van der Waals surface area contributed by atoms with Crippen LogP contribution in [-0.4, -0.2) is 11.9 Å². The van der Waals surface area contributed by atoms with Crippen LogP contribution < -0.4 is 9.47 Å². The van der Waals surface area contributed by atoms with Gasteiger partial charge in [0.2, 0.25) is 0 Å². The predicted molar refractivity (Wildman–Crippen MR) is 136 cm³/mol. The third kappa shape index (κ3) is 5.13. The fraction of sp³-hybridized carbons (Fsp3) is 0.0667. The number of benzene rings is 4. The van der Waals surface area contributed by atoms with Crippen LogP contribution in [0.2, 0.25) is 0 Å². The first kappa shape index (κ1) is 22.7. The zero-order valence-corrected chi connectivity index (χ0v) is 19.1. The first-order valence-electron chi connectivity index (χ1n) is 10.8. The molecule has 4 heteroatoms. The predicted octanol–water partition coefficient (Wildman–Crippen LogP) is 7.14. The van der Waals surface area contributed by atoms with E-state index in [1.54, 1.807) is 38.1 Å². The molecule has 0 N–H and O–H groups in total. The van der Waals surface area contributed by atoms with Crippen molar-refractivity contribution < 1.29 is 19.1 Å². The molecule has 0 amide bonds. The van der Waals surface area contributed by atoms with Crippen LogP contribution in [0.3, 0.4) is 0 Å². The van der Waals surface area contributed by atoms with Gasteiger partial charge in [-0.3, -0.25) is 0 Å². The Kier molecular flexibility index (Phi) is 6.42. The average Bonchev–Trinajstić information content (AvgIpc) is 2.84. The molecule has 0 aromatic heterocycles. The fourth-order valence-corrected chi connectivity index (χ4v) is 3.43. The summed E-state index contributed by atoms with van der Waals surface area (Å²) in [4.78, 5) is 23.4. The summed E-state index contributed by atoms with van der Waals surface area (Å²) in [7, 11) is 0. The molecule has 168 valence electrons. The van der Waals surface area contributed by atoms with Crippen molar-refractivity contribution in [1.82, 2.24) is 0 Å². The van der Waals surface area contributed by atoms with Crippen molar-refractivity contribution in [2.75, 3.05) is 0 Å². The van der Waals surface area contributed by atoms with Crippen molar-refractivity contribution in [3.8, 4) is 33.8 Å². The lowest BCUT2D eigenvalue weighted by Gasteiger charge is -2.09. The largest absolute Gasteiger partial charge is 0.423 e. The molecule has 0 aliphatic carbocycles. The van der Waals surface area contributed by atoms with Gasteiger partial charge in [0, 0.05) is 11.1 Å². The van der Waals surface area contributed by atoms with Crippen LogP contribution in [0.15, 0.2) is 109 Å². The minimum Gasteiger partial charge on any atom is -0.423 e. The van der Waals surface area contributed by atoms with Crippen molar-refractivity contribution in [2.45, 2.75) is 13.8 Å². The molecular formula is C30H24O4. The Bertz CT molecular complexity index is 1300. The van der Waals surface area contributed by atoms with E-state index in [0.717, 1.165) is 33.0 Å². The molecule has 0 unspecified atom stereocenters. The van der Waals surface area contributed by atoms with Gasteiger partial charge in [-0.05, 0) is 83.3 Å². The Labute approximate surface area is 198 Å². The van der Waals surface area contributed by atoms with Crippen LogP contribution >= 0.6 is 0 Å². The smallest absolute Gasteiger partial charge is 0.338 e. The van der Waals surface area contributed by atoms with Gasteiger partial charge in [0.25, 0.3) is 0 Å². The Balaban J connectivity index is 1.57. The number of hydrogen-bond acceptors (Lipinski definition) is 4. The van der Waals surface area contributed by atoms with Crippen molar-refractivity contribution in [2.24, 2.45) is 0 Å². The average molecular weight is 449 g/mol. The summed E-state index contributed by atoms with van der Waals surface area (Å²) in [5, 5.41) is 2.23. The maximum absolute atomic E-state index is 11.7. The molecule has 0 spiro atoms. The van der Waals surface area contributed by atoms with Gasteiger partial charge >= 0.3 is 11.9 Å². The third-order valence-corrected chi connectivity index (χ3v) is 5.33. The van der Waals surface area contributed by atoms with Gasteiger partial charge in [0.15, 0.2) is 0 Å². The quantitative estimate of drug-likeness (QED) is 0.179. The number of carbonyl (C=O) groups is 2. The molecule has 0 radical (unpaired) electrons. The maximum Gasteiger partial charge on any atom is 0.338 e. The first-order chi connectivity index (χ1) is 16.3. The zero-order valence-electron chi connectivity index (χ0n) is 19.1. The molecule has 0 bridgehead atoms. The van der Waals surface area contributed by atoms with E-state index >= 15 is 0 Å². The highest BCUT2D eigenvalue weighted by Gasteiger charge is 2.08. The minimum absolute atomic E-state index is 0.358. The van der Waals surface area contributed by atoms with Gasteiger partial charge in [-0.15, -0.1) is 0 Å². The standard InChI is InChI=1S/C30H24O4/c1-19(2)29(31)33-27-13-9-21(10-14-27)24-7-5-23-6-8-25(18-26(23)17-24)22-11-15-28(16-12-22)34-30(32)20(3)4/h5-18H,1,3H2,2,4H3. The number of esters is 2. The lowest BCUT2D eigenvalue weighted by atomic mass is 9.97. The summed E-state index contributed by atoms with van der Waals surface area (Å²) in [5.41, 5.74) is 4.88. The lowest BCUT2D eigenvalue weighted by molar-refractivity contribution is -0.130. The molecule has 34 heavy (non-hydrogen) atoms. The minimum atomic E-state index is -0.437. The molecule has 0 aliphatic rings. The zero-order chi connectivity index (χ0) is 24.2. The van der Waals surface area contributed by atoms with Crippen molar-refractivity contribution in [1.29, 1.82) is 0 Å². The molecule has 0 fully saturated rings. The summed E-state index contributed by atoms with van der Waals surface area (Å²) in [6.45, 7) is 10.4. The first-order valence-corrected chi connectivity index (χ1v) is 10.8. The summed E-state index contributed by atoms with van der Waals surface area (Å²) < 4.78 is 10.5. The normalized spacial score (nSPS) is 10.5. The van der Waals surface area contributed by atoms with Gasteiger partial charge in [0.1, 0.15) is 11.5 Å². The number of fused-ring (bicyclic) bond motifs is 1. The SMILES string of the molecule is C=C(C)C(=O)Oc1ccc(-c2ccc3ccc(-c4ccc(OC(=O)C(=C)C)cc4)cc3c2)cc1. The number of rotatable bonds is 6. The van der Waals surface area contributed by atoms with Crippen LogP contribution in [0.25, 0.3) is 33.0 Å². The van der Waals surface area contributed by atoms with Gasteiger partial charge in [-0.2, -0.15) is 0 Å². The van der Waals surface area contributed by atoms with Crippen molar-refractivity contribution in [3.05, 3.63) is 109 Å². The highest BCUT2D eigenvalue weighted by Crippen LogP contribution is 2.30. The van der Waals surface area contributed by atoms with Crippen LogP contribution in [0, 0.1) is 0 Å². The maximum atomic E-state index is 11.7. The second-order valence-corrected chi connectivity index (χ2v) is 8.17. The molecule has 0 saturated carbocycles. The fourth-order valence-electron chi connectivity index (χ4n) is 3.43. The number of ether oxygens (including phenoxy) is 2. The van der Waals surface area contributed by atoms with Gasteiger partial charge in [0.05, 0.1) is 0 Å². The molecule has 0 saturated heterocycles. The molecule has 4 nitrogen and oxygen atoms in total. The van der Waals surface area contributed by atoms with Gasteiger partial charge in [-0.25, -0.2) is 9.59 Å². The Morgan fingerprint density at radius 3 is 1.24 bits per heavy atom. The molecule has 0 heterocycles. The van der Waals surface area contributed by atoms with Crippen molar-refractivity contribution >= 4 is 22.7 Å². The third-order valence-electron chi connectivity index (χ3n) is 5.33. The highest BCUT2D eigenvalue weighted by molar-refractivity contribution is 5.92. The molecule has 0 aliphatic heterocycles. The van der Waals surface area contributed by atoms with Crippen LogP contribution in [0.5, 0.6) is 11.5 Å². The van der Waals surface area contributed by atoms with E-state index in [9.17, 15) is 9.59 Å². The summed E-state index contributed by atoms with van der Waals surface area (Å²) in [6.07, 6.45) is 0. The topological polar surface area (TPSA) is 52.6 Å². The van der Waals surface area contributed by atoms with E-state index in [1.807, 2.05) is 24.3 Å². The Hall–Kier alpha value is -4.44. The van der Waals surface area contributed by atoms with Crippen LogP contribution in [0.1, 0.15) is 13.8 Å². The van der Waals surface area contributed by atoms with E-state index in [2.05, 4.69) is 49.6 Å². The van der Waals surface area contributed by atoms with Gasteiger partial charge in [-0.1, -0.05) is 61.7 Å². The molecule has 4 aromatic carbocycles. The number of hydrogen-bond donors (Lipinski definition) is 0. The highest BCUT2D eigenvalue weighted by atomic mass is 16.5. The Morgan fingerprint density at radius 2 is 0.882 bits per heavy atom. The van der Waals surface area contributed by atoms with Gasteiger partial charge < -0.3 is 9.47 Å². The van der Waals surface area contributed by atoms with Crippen LogP contribution in [-0.2, 0) is 9.59 Å². The summed E-state index contributed by atoms with van der Waals surface area (Å²) >= 11 is 0. The monoisotopic (exact) mass is 448 g/mol. The molecule has 0 atom stereocenters. The molecular weight excluding hydrogens is 424 g/mol. The second-order valence-electron chi connectivity index (χ2n) is 8.17.